The third-order valence-corrected chi connectivity index (χ3v) is 3.18. The molecule has 1 aromatic heterocycles. The number of benzene rings is 1. The Balaban J connectivity index is 2.37. The van der Waals surface area contributed by atoms with E-state index in [0.717, 1.165) is 5.39 Å². The molecule has 1 N–H and O–H groups in total. The third-order valence-electron chi connectivity index (χ3n) is 2.48. The Morgan fingerprint density at radius 3 is 2.83 bits per heavy atom. The molecular weight excluding hydrogens is 256 g/mol. The summed E-state index contributed by atoms with van der Waals surface area (Å²) in [6.07, 6.45) is 1.66. The molecule has 2 aromatic rings. The van der Waals surface area contributed by atoms with Gasteiger partial charge in [0.2, 0.25) is 0 Å². The molecule has 0 unspecified atom stereocenters. The molecule has 0 saturated carbocycles. The highest BCUT2D eigenvalue weighted by Crippen LogP contribution is 2.21. The molecule has 7 heteroatoms. The lowest BCUT2D eigenvalue weighted by Gasteiger charge is -2.02. The van der Waals surface area contributed by atoms with Crippen LogP contribution in [0, 0.1) is 0 Å². The van der Waals surface area contributed by atoms with Crippen LogP contribution in [0.3, 0.4) is 0 Å². The van der Waals surface area contributed by atoms with Crippen LogP contribution in [0.4, 0.5) is 0 Å². The zero-order valence-corrected chi connectivity index (χ0v) is 10.6. The summed E-state index contributed by atoms with van der Waals surface area (Å²) in [6.45, 7) is 0.0901. The molecule has 0 radical (unpaired) electrons. The second kappa shape index (κ2) is 4.87. The molecule has 2 rings (SSSR count). The number of hydrogen-bond donors (Lipinski definition) is 1. The van der Waals surface area contributed by atoms with E-state index in [1.807, 2.05) is 18.2 Å². The summed E-state index contributed by atoms with van der Waals surface area (Å²) in [6, 6.07) is 7.33. The van der Waals surface area contributed by atoms with Gasteiger partial charge < -0.3 is 4.74 Å². The van der Waals surface area contributed by atoms with Crippen molar-refractivity contribution in [3.05, 3.63) is 30.5 Å². The van der Waals surface area contributed by atoms with Crippen molar-refractivity contribution in [2.75, 3.05) is 12.9 Å². The van der Waals surface area contributed by atoms with Gasteiger partial charge in [-0.25, -0.2) is 0 Å². The lowest BCUT2D eigenvalue weighted by Crippen LogP contribution is -2.40. The second-order valence-electron chi connectivity index (χ2n) is 3.76. The number of methoxy groups -OCH3 is 1. The van der Waals surface area contributed by atoms with Crippen LogP contribution in [0.5, 0.6) is 5.75 Å². The molecule has 1 aromatic carbocycles. The van der Waals surface area contributed by atoms with E-state index in [9.17, 15) is 8.42 Å². The Labute approximate surface area is 105 Å². The van der Waals surface area contributed by atoms with Gasteiger partial charge in [-0.1, -0.05) is 16.8 Å². The monoisotopic (exact) mass is 269 g/mol. The summed E-state index contributed by atoms with van der Waals surface area (Å²) in [7, 11) is -2.44. The van der Waals surface area contributed by atoms with Crippen molar-refractivity contribution in [1.82, 2.24) is 5.10 Å². The molecule has 1 heterocycles. The summed E-state index contributed by atoms with van der Waals surface area (Å²) in [5.41, 5.74) is 0.651. The van der Waals surface area contributed by atoms with Gasteiger partial charge >= 0.3 is 0 Å². The fourth-order valence-corrected chi connectivity index (χ4v) is 2.02. The first-order valence-electron chi connectivity index (χ1n) is 5.28. The van der Waals surface area contributed by atoms with Crippen molar-refractivity contribution in [2.24, 2.45) is 0 Å². The highest BCUT2D eigenvalue weighted by molar-refractivity contribution is 7.85. The highest BCUT2D eigenvalue weighted by atomic mass is 32.2. The maximum absolute atomic E-state index is 10.7. The van der Waals surface area contributed by atoms with E-state index in [1.165, 1.54) is 4.68 Å². The van der Waals surface area contributed by atoms with Crippen molar-refractivity contribution in [3.63, 3.8) is 0 Å². The molecule has 6 nitrogen and oxygen atoms in total. The fourth-order valence-electron chi connectivity index (χ4n) is 1.61. The number of nitrogens with zero attached hydrogens (tertiary/aromatic N) is 2. The van der Waals surface area contributed by atoms with E-state index in [2.05, 4.69) is 5.10 Å². The minimum absolute atomic E-state index is 0.0901. The van der Waals surface area contributed by atoms with E-state index < -0.39 is 10.1 Å². The predicted octanol–water partition coefficient (Wildman–Crippen LogP) is 0.419. The predicted molar refractivity (Wildman–Crippen MR) is 64.9 cm³/mol. The number of aryl methyl sites for hydroxylation is 1. The summed E-state index contributed by atoms with van der Waals surface area (Å²) in [5.74, 6) is 0.249. The van der Waals surface area contributed by atoms with E-state index in [-0.39, 0.29) is 12.3 Å². The largest absolute Gasteiger partial charge is 0.494 e. The lowest BCUT2D eigenvalue weighted by molar-refractivity contribution is -0.747. The van der Waals surface area contributed by atoms with Gasteiger partial charge in [0, 0.05) is 16.6 Å². The number of aromatic nitrogens is 2. The summed E-state index contributed by atoms with van der Waals surface area (Å²) in [4.78, 5) is 0. The first-order valence-corrected chi connectivity index (χ1v) is 6.89. The molecular formula is C11H13N2O4S+. The molecule has 0 amide bonds. The van der Waals surface area contributed by atoms with Crippen LogP contribution in [0.15, 0.2) is 30.5 Å². The molecule has 0 fully saturated rings. The Kier molecular flexibility index (Phi) is 3.44. The zero-order chi connectivity index (χ0) is 13.2. The van der Waals surface area contributed by atoms with Gasteiger partial charge in [-0.15, -0.1) is 0 Å². The minimum atomic E-state index is -3.98. The number of ether oxygens (including phenoxy) is 1. The average Bonchev–Trinajstić information content (AvgIpc) is 2.34. The van der Waals surface area contributed by atoms with Crippen molar-refractivity contribution < 1.29 is 22.4 Å². The molecule has 0 aliphatic rings. The number of hydrogen-bond acceptors (Lipinski definition) is 4. The van der Waals surface area contributed by atoms with Crippen LogP contribution in [0.25, 0.3) is 10.9 Å². The van der Waals surface area contributed by atoms with Crippen molar-refractivity contribution in [3.8, 4) is 5.75 Å². The average molecular weight is 269 g/mol. The molecule has 0 bridgehead atoms. The lowest BCUT2D eigenvalue weighted by atomic mass is 10.2. The van der Waals surface area contributed by atoms with Gasteiger partial charge in [-0.3, -0.25) is 4.55 Å². The number of fused-ring (bicyclic) bond motifs is 1. The SMILES string of the molecule is COc1cccc2cc[n+](CCS(=O)(=O)O)nc12. The first-order chi connectivity index (χ1) is 8.49. The number of rotatable bonds is 4. The molecule has 0 atom stereocenters. The quantitative estimate of drug-likeness (QED) is 0.642. The van der Waals surface area contributed by atoms with Crippen LogP contribution in [0.2, 0.25) is 0 Å². The van der Waals surface area contributed by atoms with Crippen LogP contribution in [-0.2, 0) is 16.7 Å². The van der Waals surface area contributed by atoms with Crippen molar-refractivity contribution in [2.45, 2.75) is 6.54 Å². The molecule has 0 aliphatic heterocycles. The molecule has 96 valence electrons. The Bertz CT molecular complexity index is 670. The standard InChI is InChI=1S/C11H12N2O4S/c1-17-10-4-2-3-9-5-6-13(12-11(9)10)7-8-18(14,15)16/h2-6H,7-8H2,1H3/p+1. The molecule has 0 spiro atoms. The Morgan fingerprint density at radius 1 is 1.39 bits per heavy atom. The Hall–Kier alpha value is -1.73. The topological polar surface area (TPSA) is 80.4 Å². The van der Waals surface area contributed by atoms with Crippen LogP contribution in [0.1, 0.15) is 0 Å². The first kappa shape index (κ1) is 12.7. The van der Waals surface area contributed by atoms with Crippen molar-refractivity contribution in [1.29, 1.82) is 0 Å². The second-order valence-corrected chi connectivity index (χ2v) is 5.34. The summed E-state index contributed by atoms with van der Waals surface area (Å²) < 4.78 is 36.7. The molecule has 0 saturated heterocycles. The smallest absolute Gasteiger partial charge is 0.271 e. The van der Waals surface area contributed by atoms with Gasteiger partial charge in [0.25, 0.3) is 10.1 Å². The summed E-state index contributed by atoms with van der Waals surface area (Å²) in [5, 5.41) is 5.17. The summed E-state index contributed by atoms with van der Waals surface area (Å²) >= 11 is 0. The van der Waals surface area contributed by atoms with Gasteiger partial charge in [-0.2, -0.15) is 8.42 Å². The van der Waals surface area contributed by atoms with Gasteiger partial charge in [0.05, 0.1) is 7.11 Å². The fraction of sp³-hybridized carbons (Fsp3) is 0.273. The molecule has 18 heavy (non-hydrogen) atoms. The van der Waals surface area contributed by atoms with Crippen LogP contribution >= 0.6 is 0 Å². The van der Waals surface area contributed by atoms with Gasteiger partial charge in [-0.05, 0) is 6.07 Å². The maximum Gasteiger partial charge on any atom is 0.271 e. The van der Waals surface area contributed by atoms with E-state index in [1.54, 1.807) is 19.4 Å². The normalized spacial score (nSPS) is 11.7. The highest BCUT2D eigenvalue weighted by Gasteiger charge is 2.13. The van der Waals surface area contributed by atoms with E-state index in [0.29, 0.717) is 11.3 Å². The minimum Gasteiger partial charge on any atom is -0.494 e. The maximum atomic E-state index is 10.7. The van der Waals surface area contributed by atoms with Crippen LogP contribution < -0.4 is 9.42 Å². The van der Waals surface area contributed by atoms with E-state index in [4.69, 9.17) is 9.29 Å². The zero-order valence-electron chi connectivity index (χ0n) is 9.78. The Morgan fingerprint density at radius 2 is 2.17 bits per heavy atom. The van der Waals surface area contributed by atoms with E-state index >= 15 is 0 Å². The van der Waals surface area contributed by atoms with Gasteiger partial charge in [0.1, 0.15) is 5.75 Å². The third kappa shape index (κ3) is 2.93. The van der Waals surface area contributed by atoms with Crippen LogP contribution in [-0.4, -0.2) is 30.9 Å². The van der Waals surface area contributed by atoms with Crippen molar-refractivity contribution >= 4 is 21.0 Å². The molecule has 0 aliphatic carbocycles. The van der Waals surface area contributed by atoms with Gasteiger partial charge in [0.15, 0.2) is 24.0 Å².